The summed E-state index contributed by atoms with van der Waals surface area (Å²) in [7, 11) is 1.91. The van der Waals surface area contributed by atoms with Crippen molar-refractivity contribution in [1.82, 2.24) is 4.90 Å². The summed E-state index contributed by atoms with van der Waals surface area (Å²) >= 11 is 12.0. The molecule has 1 N–H and O–H groups in total. The van der Waals surface area contributed by atoms with Gasteiger partial charge in [0.15, 0.2) is 0 Å². The van der Waals surface area contributed by atoms with E-state index in [-0.39, 0.29) is 11.9 Å². The molecule has 1 atom stereocenters. The quantitative estimate of drug-likeness (QED) is 0.673. The lowest BCUT2D eigenvalue weighted by molar-refractivity contribution is -0.120. The maximum atomic E-state index is 12.4. The normalized spacial score (nSPS) is 12.0. The highest BCUT2D eigenvalue weighted by Crippen LogP contribution is 2.25. The molecule has 0 saturated carbocycles. The molecule has 0 bridgehead atoms. The highest BCUT2D eigenvalue weighted by atomic mass is 35.5. The number of carbonyl (C=O) groups excluding carboxylic acids is 1. The van der Waals surface area contributed by atoms with Crippen LogP contribution in [0.2, 0.25) is 10.0 Å². The van der Waals surface area contributed by atoms with Crippen LogP contribution in [-0.2, 0) is 4.79 Å². The second kappa shape index (κ2) is 9.66. The summed E-state index contributed by atoms with van der Waals surface area (Å²) in [5.41, 5.74) is 0.559. The summed E-state index contributed by atoms with van der Waals surface area (Å²) in [6.45, 7) is 3.21. The maximum absolute atomic E-state index is 12.4. The first kappa shape index (κ1) is 19.6. The summed E-state index contributed by atoms with van der Waals surface area (Å²) in [4.78, 5) is 14.3. The molecular weight excluding hydrogens is 359 g/mol. The number of nitrogens with zero attached hydrogens (tertiary/aromatic N) is 1. The second-order valence-electron chi connectivity index (χ2n) is 5.79. The number of benzene rings is 2. The van der Waals surface area contributed by atoms with Crippen molar-refractivity contribution in [2.24, 2.45) is 0 Å². The molecule has 6 heteroatoms. The third kappa shape index (κ3) is 6.24. The zero-order valence-corrected chi connectivity index (χ0v) is 15.8. The van der Waals surface area contributed by atoms with E-state index in [1.54, 1.807) is 18.2 Å². The Kier molecular flexibility index (Phi) is 7.56. The van der Waals surface area contributed by atoms with Crippen LogP contribution in [0.5, 0.6) is 5.75 Å². The molecule has 1 amide bonds. The number of amides is 1. The first-order valence-electron chi connectivity index (χ1n) is 8.11. The fourth-order valence-electron chi connectivity index (χ4n) is 2.24. The van der Waals surface area contributed by atoms with Crippen molar-refractivity contribution in [2.75, 3.05) is 25.5 Å². The van der Waals surface area contributed by atoms with Crippen molar-refractivity contribution in [3.63, 3.8) is 0 Å². The minimum atomic E-state index is -0.288. The second-order valence-corrected chi connectivity index (χ2v) is 6.63. The first-order chi connectivity index (χ1) is 12.0. The van der Waals surface area contributed by atoms with E-state index < -0.39 is 0 Å². The lowest BCUT2D eigenvalue weighted by Gasteiger charge is -2.24. The predicted molar refractivity (Wildman–Crippen MR) is 104 cm³/mol. The maximum Gasteiger partial charge on any atom is 0.241 e. The molecule has 4 nitrogen and oxygen atoms in total. The number of para-hydroxylation sites is 1. The molecule has 0 aromatic heterocycles. The highest BCUT2D eigenvalue weighted by Gasteiger charge is 2.18. The first-order valence-corrected chi connectivity index (χ1v) is 8.87. The summed E-state index contributed by atoms with van der Waals surface area (Å²) in [6.07, 6.45) is 0.824. The van der Waals surface area contributed by atoms with E-state index in [9.17, 15) is 4.79 Å². The van der Waals surface area contributed by atoms with Gasteiger partial charge in [0.1, 0.15) is 5.75 Å². The molecule has 0 radical (unpaired) electrons. The Hall–Kier alpha value is -1.75. The average Bonchev–Trinajstić information content (AvgIpc) is 2.61. The minimum Gasteiger partial charge on any atom is -0.494 e. The van der Waals surface area contributed by atoms with Gasteiger partial charge >= 0.3 is 0 Å². The Labute approximate surface area is 158 Å². The third-order valence-corrected chi connectivity index (χ3v) is 4.44. The Morgan fingerprint density at radius 2 is 1.92 bits per heavy atom. The largest absolute Gasteiger partial charge is 0.494 e. The van der Waals surface area contributed by atoms with Gasteiger partial charge in [-0.05, 0) is 50.7 Å². The van der Waals surface area contributed by atoms with Gasteiger partial charge in [-0.1, -0.05) is 41.4 Å². The fourth-order valence-corrected chi connectivity index (χ4v) is 2.70. The summed E-state index contributed by atoms with van der Waals surface area (Å²) in [5.74, 6) is 0.740. The van der Waals surface area contributed by atoms with E-state index in [2.05, 4.69) is 5.32 Å². The zero-order valence-electron chi connectivity index (χ0n) is 14.3. The molecule has 0 aliphatic rings. The molecule has 25 heavy (non-hydrogen) atoms. The monoisotopic (exact) mass is 380 g/mol. The fraction of sp³-hybridized carbons (Fsp3) is 0.316. The molecule has 0 aliphatic carbocycles. The number of hydrogen-bond donors (Lipinski definition) is 1. The van der Waals surface area contributed by atoms with Gasteiger partial charge in [0, 0.05) is 11.6 Å². The average molecular weight is 381 g/mol. The Balaban J connectivity index is 1.76. The van der Waals surface area contributed by atoms with E-state index >= 15 is 0 Å². The van der Waals surface area contributed by atoms with Crippen LogP contribution in [0, 0.1) is 0 Å². The van der Waals surface area contributed by atoms with Gasteiger partial charge in [0.25, 0.3) is 0 Å². The van der Waals surface area contributed by atoms with Crippen molar-refractivity contribution >= 4 is 34.8 Å². The van der Waals surface area contributed by atoms with Crippen molar-refractivity contribution in [1.29, 1.82) is 0 Å². The van der Waals surface area contributed by atoms with Crippen molar-refractivity contribution in [2.45, 2.75) is 19.4 Å². The number of halogens is 2. The van der Waals surface area contributed by atoms with E-state index in [0.29, 0.717) is 22.3 Å². The number of anilines is 1. The molecule has 0 heterocycles. The third-order valence-electron chi connectivity index (χ3n) is 3.90. The standard InChI is InChI=1S/C19H22Cl2N2O2/c1-14(19(24)22-18-10-9-15(20)13-17(18)21)23(2)11-6-12-25-16-7-4-3-5-8-16/h3-5,7-10,13-14H,6,11-12H2,1-2H3,(H,22,24). The summed E-state index contributed by atoms with van der Waals surface area (Å²) in [6, 6.07) is 14.4. The number of ether oxygens (including phenoxy) is 1. The zero-order chi connectivity index (χ0) is 18.2. The number of likely N-dealkylation sites (N-methyl/N-ethyl adjacent to an activating group) is 1. The molecule has 2 rings (SSSR count). The van der Waals surface area contributed by atoms with E-state index in [4.69, 9.17) is 27.9 Å². The molecular formula is C19H22Cl2N2O2. The lowest BCUT2D eigenvalue weighted by Crippen LogP contribution is -2.40. The van der Waals surface area contributed by atoms with Crippen molar-refractivity contribution in [3.8, 4) is 5.75 Å². The van der Waals surface area contributed by atoms with Crippen LogP contribution in [0.3, 0.4) is 0 Å². The predicted octanol–water partition coefficient (Wildman–Crippen LogP) is 4.72. The van der Waals surface area contributed by atoms with Gasteiger partial charge in [-0.25, -0.2) is 0 Å². The molecule has 0 saturated heterocycles. The number of rotatable bonds is 8. The number of hydrogen-bond acceptors (Lipinski definition) is 3. The van der Waals surface area contributed by atoms with Gasteiger partial charge in [-0.3, -0.25) is 9.69 Å². The van der Waals surface area contributed by atoms with Crippen molar-refractivity contribution < 1.29 is 9.53 Å². The number of carbonyl (C=O) groups is 1. The van der Waals surface area contributed by atoms with Crippen LogP contribution in [0.1, 0.15) is 13.3 Å². The van der Waals surface area contributed by atoms with E-state index in [1.165, 1.54) is 0 Å². The van der Waals surface area contributed by atoms with Gasteiger partial charge in [-0.2, -0.15) is 0 Å². The molecule has 0 aliphatic heterocycles. The van der Waals surface area contributed by atoms with E-state index in [1.807, 2.05) is 49.2 Å². The van der Waals surface area contributed by atoms with Gasteiger partial charge in [0.05, 0.1) is 23.4 Å². The number of nitrogens with one attached hydrogen (secondary N) is 1. The molecule has 0 spiro atoms. The smallest absolute Gasteiger partial charge is 0.241 e. The van der Waals surface area contributed by atoms with Crippen LogP contribution in [-0.4, -0.2) is 37.0 Å². The Morgan fingerprint density at radius 1 is 1.20 bits per heavy atom. The lowest BCUT2D eigenvalue weighted by atomic mass is 10.2. The highest BCUT2D eigenvalue weighted by molar-refractivity contribution is 6.36. The topological polar surface area (TPSA) is 41.6 Å². The molecule has 2 aromatic carbocycles. The van der Waals surface area contributed by atoms with Crippen LogP contribution in [0.4, 0.5) is 5.69 Å². The van der Waals surface area contributed by atoms with Gasteiger partial charge < -0.3 is 10.1 Å². The summed E-state index contributed by atoms with van der Waals surface area (Å²) < 4.78 is 5.66. The molecule has 2 aromatic rings. The summed E-state index contributed by atoms with van der Waals surface area (Å²) in [5, 5.41) is 3.79. The van der Waals surface area contributed by atoms with Crippen LogP contribution in [0.15, 0.2) is 48.5 Å². The molecule has 1 unspecified atom stereocenters. The molecule has 134 valence electrons. The van der Waals surface area contributed by atoms with Crippen LogP contribution >= 0.6 is 23.2 Å². The van der Waals surface area contributed by atoms with Crippen LogP contribution < -0.4 is 10.1 Å². The van der Waals surface area contributed by atoms with Gasteiger partial charge in [0.2, 0.25) is 5.91 Å². The molecule has 0 fully saturated rings. The SMILES string of the molecule is CC(C(=O)Nc1ccc(Cl)cc1Cl)N(C)CCCOc1ccccc1. The van der Waals surface area contributed by atoms with E-state index in [0.717, 1.165) is 18.7 Å². The van der Waals surface area contributed by atoms with Crippen molar-refractivity contribution in [3.05, 3.63) is 58.6 Å². The minimum absolute atomic E-state index is 0.115. The Bertz CT molecular complexity index is 695. The Morgan fingerprint density at radius 3 is 2.60 bits per heavy atom. The van der Waals surface area contributed by atoms with Gasteiger partial charge in [-0.15, -0.1) is 0 Å². The van der Waals surface area contributed by atoms with Crippen LogP contribution in [0.25, 0.3) is 0 Å².